The Hall–Kier alpha value is -1.44. The SMILES string of the molecule is C[C@@H]1C[C@H](C)CN(Cc2ccccc2CNC(=O)C2CCN(S(C)(=O)=O)CC2)C1. The first-order valence-electron chi connectivity index (χ1n) is 10.7. The molecule has 0 saturated carbocycles. The van der Waals surface area contributed by atoms with Gasteiger partial charge < -0.3 is 5.32 Å². The van der Waals surface area contributed by atoms with Crippen LogP contribution in [0.4, 0.5) is 0 Å². The van der Waals surface area contributed by atoms with E-state index in [0.717, 1.165) is 31.5 Å². The molecule has 162 valence electrons. The maximum absolute atomic E-state index is 12.6. The smallest absolute Gasteiger partial charge is 0.223 e. The highest BCUT2D eigenvalue weighted by Crippen LogP contribution is 2.24. The van der Waals surface area contributed by atoms with Crippen molar-refractivity contribution in [1.82, 2.24) is 14.5 Å². The summed E-state index contributed by atoms with van der Waals surface area (Å²) in [5.41, 5.74) is 2.45. The summed E-state index contributed by atoms with van der Waals surface area (Å²) in [5, 5.41) is 3.09. The topological polar surface area (TPSA) is 69.7 Å². The van der Waals surface area contributed by atoms with Gasteiger partial charge in [0.1, 0.15) is 0 Å². The van der Waals surface area contributed by atoms with Crippen LogP contribution in [-0.4, -0.2) is 56.0 Å². The minimum absolute atomic E-state index is 0.0353. The second kappa shape index (κ2) is 9.58. The van der Waals surface area contributed by atoms with E-state index in [1.165, 1.54) is 28.1 Å². The Morgan fingerprint density at radius 2 is 1.66 bits per heavy atom. The van der Waals surface area contributed by atoms with E-state index >= 15 is 0 Å². The fourth-order valence-electron chi connectivity index (χ4n) is 4.82. The molecule has 2 heterocycles. The lowest BCUT2D eigenvalue weighted by atomic mass is 9.91. The molecule has 6 nitrogen and oxygen atoms in total. The number of carbonyl (C=O) groups is 1. The number of likely N-dealkylation sites (tertiary alicyclic amines) is 1. The molecule has 1 aromatic rings. The van der Waals surface area contributed by atoms with Crippen molar-refractivity contribution in [2.75, 3.05) is 32.4 Å². The third-order valence-corrected chi connectivity index (χ3v) is 7.51. The van der Waals surface area contributed by atoms with Gasteiger partial charge in [0.05, 0.1) is 6.26 Å². The van der Waals surface area contributed by atoms with Crippen molar-refractivity contribution in [3.8, 4) is 0 Å². The highest BCUT2D eigenvalue weighted by molar-refractivity contribution is 7.88. The second-order valence-electron chi connectivity index (χ2n) is 9.06. The maximum Gasteiger partial charge on any atom is 0.223 e. The molecule has 2 aliphatic heterocycles. The number of amides is 1. The summed E-state index contributed by atoms with van der Waals surface area (Å²) in [5.74, 6) is 1.38. The van der Waals surface area contributed by atoms with Gasteiger partial charge in [-0.1, -0.05) is 38.1 Å². The van der Waals surface area contributed by atoms with E-state index in [2.05, 4.69) is 42.3 Å². The first-order valence-corrected chi connectivity index (χ1v) is 12.6. The van der Waals surface area contributed by atoms with Gasteiger partial charge in [0, 0.05) is 45.2 Å². The van der Waals surface area contributed by atoms with Crippen LogP contribution in [0.25, 0.3) is 0 Å². The van der Waals surface area contributed by atoms with E-state index in [4.69, 9.17) is 0 Å². The van der Waals surface area contributed by atoms with Gasteiger partial charge in [-0.05, 0) is 42.2 Å². The summed E-state index contributed by atoms with van der Waals surface area (Å²) in [6, 6.07) is 8.35. The molecule has 2 aliphatic rings. The third-order valence-electron chi connectivity index (χ3n) is 6.20. The van der Waals surface area contributed by atoms with Crippen LogP contribution in [0.3, 0.4) is 0 Å². The van der Waals surface area contributed by atoms with Crippen molar-refractivity contribution < 1.29 is 13.2 Å². The van der Waals surface area contributed by atoms with Gasteiger partial charge in [-0.2, -0.15) is 0 Å². The number of piperidine rings is 2. The number of hydrogen-bond acceptors (Lipinski definition) is 4. The minimum Gasteiger partial charge on any atom is -0.352 e. The van der Waals surface area contributed by atoms with E-state index < -0.39 is 10.0 Å². The van der Waals surface area contributed by atoms with Gasteiger partial charge in [0.25, 0.3) is 0 Å². The zero-order chi connectivity index (χ0) is 21.0. The van der Waals surface area contributed by atoms with E-state index in [-0.39, 0.29) is 11.8 Å². The van der Waals surface area contributed by atoms with Crippen molar-refractivity contribution in [3.05, 3.63) is 35.4 Å². The molecular weight excluding hydrogens is 386 g/mol. The number of rotatable bonds is 6. The standard InChI is InChI=1S/C22H35N3O3S/c1-17-12-18(2)15-24(14-17)16-21-7-5-4-6-20(21)13-23-22(26)19-8-10-25(11-9-19)29(3,27)28/h4-7,17-19H,8-16H2,1-3H3,(H,23,26)/t17-,18+. The summed E-state index contributed by atoms with van der Waals surface area (Å²) in [4.78, 5) is 15.2. The van der Waals surface area contributed by atoms with Gasteiger partial charge >= 0.3 is 0 Å². The Labute approximate surface area is 175 Å². The van der Waals surface area contributed by atoms with Crippen LogP contribution >= 0.6 is 0 Å². The van der Waals surface area contributed by atoms with Crippen LogP contribution in [-0.2, 0) is 27.9 Å². The fraction of sp³-hybridized carbons (Fsp3) is 0.682. The second-order valence-corrected chi connectivity index (χ2v) is 11.0. The van der Waals surface area contributed by atoms with Gasteiger partial charge in [-0.3, -0.25) is 9.69 Å². The molecule has 2 fully saturated rings. The lowest BCUT2D eigenvalue weighted by Gasteiger charge is -2.35. The van der Waals surface area contributed by atoms with Crippen LogP contribution in [0.2, 0.25) is 0 Å². The number of hydrogen-bond donors (Lipinski definition) is 1. The number of carbonyl (C=O) groups excluding carboxylic acids is 1. The first kappa shape index (κ1) is 22.2. The zero-order valence-electron chi connectivity index (χ0n) is 17.9. The van der Waals surface area contributed by atoms with Crippen LogP contribution < -0.4 is 5.32 Å². The van der Waals surface area contributed by atoms with Gasteiger partial charge in [0.2, 0.25) is 15.9 Å². The van der Waals surface area contributed by atoms with E-state index in [1.54, 1.807) is 0 Å². The van der Waals surface area contributed by atoms with Crippen LogP contribution in [0.5, 0.6) is 0 Å². The van der Waals surface area contributed by atoms with Gasteiger partial charge in [0.15, 0.2) is 0 Å². The van der Waals surface area contributed by atoms with Crippen molar-refractivity contribution in [3.63, 3.8) is 0 Å². The average molecular weight is 422 g/mol. The van der Waals surface area contributed by atoms with Crippen molar-refractivity contribution in [2.24, 2.45) is 17.8 Å². The number of nitrogens with zero attached hydrogens (tertiary/aromatic N) is 2. The summed E-state index contributed by atoms with van der Waals surface area (Å²) in [6.07, 6.45) is 3.70. The minimum atomic E-state index is -3.16. The fourth-order valence-corrected chi connectivity index (χ4v) is 5.70. The van der Waals surface area contributed by atoms with Crippen LogP contribution in [0.1, 0.15) is 44.2 Å². The molecular formula is C22H35N3O3S. The maximum atomic E-state index is 12.6. The van der Waals surface area contributed by atoms with Crippen molar-refractivity contribution in [1.29, 1.82) is 0 Å². The molecule has 1 aromatic carbocycles. The lowest BCUT2D eigenvalue weighted by Crippen LogP contribution is -2.42. The van der Waals surface area contributed by atoms with Crippen molar-refractivity contribution >= 4 is 15.9 Å². The molecule has 0 aliphatic carbocycles. The van der Waals surface area contributed by atoms with Crippen molar-refractivity contribution in [2.45, 2.75) is 46.2 Å². The average Bonchev–Trinajstić information content (AvgIpc) is 2.65. The zero-order valence-corrected chi connectivity index (χ0v) is 18.7. The number of sulfonamides is 1. The molecule has 1 amide bonds. The Bertz CT molecular complexity index is 793. The molecule has 1 N–H and O–H groups in total. The first-order chi connectivity index (χ1) is 13.7. The summed E-state index contributed by atoms with van der Waals surface area (Å²) >= 11 is 0. The lowest BCUT2D eigenvalue weighted by molar-refractivity contribution is -0.126. The van der Waals surface area contributed by atoms with Crippen LogP contribution in [0, 0.1) is 17.8 Å². The van der Waals surface area contributed by atoms with Gasteiger partial charge in [-0.25, -0.2) is 12.7 Å². The molecule has 0 aromatic heterocycles. The quantitative estimate of drug-likeness (QED) is 0.766. The summed E-state index contributed by atoms with van der Waals surface area (Å²) in [6.45, 7) is 9.22. The van der Waals surface area contributed by atoms with Gasteiger partial charge in [-0.15, -0.1) is 0 Å². The number of benzene rings is 1. The molecule has 0 bridgehead atoms. The third kappa shape index (κ3) is 6.27. The molecule has 3 rings (SSSR count). The highest BCUT2D eigenvalue weighted by Gasteiger charge is 2.29. The predicted molar refractivity (Wildman–Crippen MR) is 116 cm³/mol. The molecule has 0 radical (unpaired) electrons. The normalized spacial score (nSPS) is 25.1. The largest absolute Gasteiger partial charge is 0.352 e. The molecule has 2 atom stereocenters. The number of nitrogens with one attached hydrogen (secondary N) is 1. The predicted octanol–water partition coefficient (Wildman–Crippen LogP) is 2.45. The Morgan fingerprint density at radius 1 is 1.07 bits per heavy atom. The Morgan fingerprint density at radius 3 is 2.24 bits per heavy atom. The van der Waals surface area contributed by atoms with E-state index in [0.29, 0.717) is 32.5 Å². The molecule has 2 saturated heterocycles. The Balaban J connectivity index is 1.54. The monoisotopic (exact) mass is 421 g/mol. The molecule has 29 heavy (non-hydrogen) atoms. The van der Waals surface area contributed by atoms with Crippen LogP contribution in [0.15, 0.2) is 24.3 Å². The molecule has 7 heteroatoms. The molecule has 0 spiro atoms. The summed E-state index contributed by atoms with van der Waals surface area (Å²) < 4.78 is 24.7. The van der Waals surface area contributed by atoms with E-state index in [9.17, 15) is 13.2 Å². The Kier molecular flexibility index (Phi) is 7.35. The molecule has 0 unspecified atom stereocenters. The summed E-state index contributed by atoms with van der Waals surface area (Å²) in [7, 11) is -3.16. The van der Waals surface area contributed by atoms with E-state index in [1.807, 2.05) is 6.07 Å². The highest BCUT2D eigenvalue weighted by atomic mass is 32.2.